The molecule has 6 heteroatoms. The van der Waals surface area contributed by atoms with Crippen molar-refractivity contribution in [3.63, 3.8) is 0 Å². The number of ether oxygens (including phenoxy) is 2. The number of amides is 2. The Kier molecular flexibility index (Phi) is 7.25. The van der Waals surface area contributed by atoms with Crippen molar-refractivity contribution in [2.45, 2.75) is 45.8 Å². The summed E-state index contributed by atoms with van der Waals surface area (Å²) in [6.07, 6.45) is 2.08. The summed E-state index contributed by atoms with van der Waals surface area (Å²) in [7, 11) is 0. The van der Waals surface area contributed by atoms with Crippen molar-refractivity contribution in [3.05, 3.63) is 29.8 Å². The minimum Gasteiger partial charge on any atom is -0.494 e. The molecule has 2 rings (SSSR count). The Morgan fingerprint density at radius 3 is 2.56 bits per heavy atom. The molecule has 1 aromatic carbocycles. The molecule has 1 aliphatic rings. The third-order valence-electron chi connectivity index (χ3n) is 4.19. The molecule has 1 saturated heterocycles. The summed E-state index contributed by atoms with van der Waals surface area (Å²) in [5.74, 6) is 0.253. The SMILES string of the molecule is CCOc1ccc(C(=O)N[C@@H](C(=O)NC[C@@H]2CCCO2)C(C)C)cc1. The lowest BCUT2D eigenvalue weighted by molar-refractivity contribution is -0.124. The largest absolute Gasteiger partial charge is 0.494 e. The van der Waals surface area contributed by atoms with Crippen LogP contribution in [-0.2, 0) is 9.53 Å². The predicted molar refractivity (Wildman–Crippen MR) is 95.7 cm³/mol. The lowest BCUT2D eigenvalue weighted by Gasteiger charge is -2.22. The Balaban J connectivity index is 1.92. The highest BCUT2D eigenvalue weighted by molar-refractivity contribution is 5.97. The van der Waals surface area contributed by atoms with Crippen molar-refractivity contribution >= 4 is 11.8 Å². The first-order valence-corrected chi connectivity index (χ1v) is 8.94. The predicted octanol–water partition coefficient (Wildman–Crippen LogP) is 2.13. The van der Waals surface area contributed by atoms with Gasteiger partial charge in [0.25, 0.3) is 5.91 Å². The van der Waals surface area contributed by atoms with Gasteiger partial charge in [0, 0.05) is 18.7 Å². The van der Waals surface area contributed by atoms with Crippen LogP contribution in [0.3, 0.4) is 0 Å². The quantitative estimate of drug-likeness (QED) is 0.755. The van der Waals surface area contributed by atoms with Crippen molar-refractivity contribution in [2.75, 3.05) is 19.8 Å². The van der Waals surface area contributed by atoms with Crippen LogP contribution in [0.1, 0.15) is 44.0 Å². The van der Waals surface area contributed by atoms with Crippen LogP contribution in [0.25, 0.3) is 0 Å². The van der Waals surface area contributed by atoms with Gasteiger partial charge in [0.15, 0.2) is 0 Å². The Bertz CT molecular complexity index is 565. The van der Waals surface area contributed by atoms with Gasteiger partial charge in [-0.25, -0.2) is 0 Å². The fourth-order valence-electron chi connectivity index (χ4n) is 2.76. The zero-order valence-electron chi connectivity index (χ0n) is 15.2. The van der Waals surface area contributed by atoms with Crippen LogP contribution in [0.5, 0.6) is 5.75 Å². The van der Waals surface area contributed by atoms with Crippen LogP contribution >= 0.6 is 0 Å². The number of hydrogen-bond donors (Lipinski definition) is 2. The van der Waals surface area contributed by atoms with E-state index >= 15 is 0 Å². The maximum atomic E-state index is 12.4. The van der Waals surface area contributed by atoms with Crippen LogP contribution in [0.15, 0.2) is 24.3 Å². The molecule has 0 spiro atoms. The van der Waals surface area contributed by atoms with Crippen LogP contribution in [0, 0.1) is 5.92 Å². The number of hydrogen-bond acceptors (Lipinski definition) is 4. The number of carbonyl (C=O) groups excluding carboxylic acids is 2. The summed E-state index contributed by atoms with van der Waals surface area (Å²) in [6, 6.07) is 6.31. The van der Waals surface area contributed by atoms with Crippen molar-refractivity contribution in [3.8, 4) is 5.75 Å². The summed E-state index contributed by atoms with van der Waals surface area (Å²) < 4.78 is 10.9. The Morgan fingerprint density at radius 2 is 2.00 bits per heavy atom. The molecule has 0 aromatic heterocycles. The summed E-state index contributed by atoms with van der Waals surface area (Å²) in [5.41, 5.74) is 0.501. The molecular weight excluding hydrogens is 320 g/mol. The normalized spacial score (nSPS) is 18.0. The number of nitrogens with one attached hydrogen (secondary N) is 2. The second-order valence-electron chi connectivity index (χ2n) is 6.53. The molecule has 2 amide bonds. The molecule has 0 aliphatic carbocycles. The lowest BCUT2D eigenvalue weighted by Crippen LogP contribution is -2.50. The topological polar surface area (TPSA) is 76.7 Å². The van der Waals surface area contributed by atoms with Gasteiger partial charge in [-0.05, 0) is 49.9 Å². The maximum absolute atomic E-state index is 12.4. The molecule has 1 aliphatic heterocycles. The third-order valence-corrected chi connectivity index (χ3v) is 4.19. The van der Waals surface area contributed by atoms with Crippen LogP contribution in [-0.4, -0.2) is 43.7 Å². The Labute approximate surface area is 149 Å². The molecule has 1 heterocycles. The molecule has 6 nitrogen and oxygen atoms in total. The summed E-state index contributed by atoms with van der Waals surface area (Å²) in [4.78, 5) is 24.9. The first kappa shape index (κ1) is 19.2. The average Bonchev–Trinajstić information content (AvgIpc) is 3.11. The lowest BCUT2D eigenvalue weighted by atomic mass is 10.0. The van der Waals surface area contributed by atoms with Gasteiger partial charge in [0.2, 0.25) is 5.91 Å². The van der Waals surface area contributed by atoms with Crippen molar-refractivity contribution in [1.82, 2.24) is 10.6 Å². The Hall–Kier alpha value is -2.08. The number of rotatable bonds is 8. The summed E-state index contributed by atoms with van der Waals surface area (Å²) in [5, 5.41) is 5.72. The zero-order valence-corrected chi connectivity index (χ0v) is 15.2. The van der Waals surface area contributed by atoms with Gasteiger partial charge >= 0.3 is 0 Å². The van der Waals surface area contributed by atoms with Gasteiger partial charge < -0.3 is 20.1 Å². The minimum absolute atomic E-state index is 0.0175. The molecular formula is C19H28N2O4. The van der Waals surface area contributed by atoms with Crippen molar-refractivity contribution in [1.29, 1.82) is 0 Å². The van der Waals surface area contributed by atoms with Gasteiger partial charge in [-0.15, -0.1) is 0 Å². The average molecular weight is 348 g/mol. The van der Waals surface area contributed by atoms with Crippen LogP contribution in [0.4, 0.5) is 0 Å². The van der Waals surface area contributed by atoms with E-state index in [1.54, 1.807) is 24.3 Å². The first-order valence-electron chi connectivity index (χ1n) is 8.94. The van der Waals surface area contributed by atoms with E-state index in [-0.39, 0.29) is 23.8 Å². The van der Waals surface area contributed by atoms with Crippen LogP contribution < -0.4 is 15.4 Å². The van der Waals surface area contributed by atoms with E-state index in [4.69, 9.17) is 9.47 Å². The Morgan fingerprint density at radius 1 is 1.28 bits per heavy atom. The van der Waals surface area contributed by atoms with Gasteiger partial charge in [-0.3, -0.25) is 9.59 Å². The number of carbonyl (C=O) groups is 2. The molecule has 1 aromatic rings. The first-order chi connectivity index (χ1) is 12.0. The standard InChI is InChI=1S/C19H28N2O4/c1-4-24-15-9-7-14(8-10-15)18(22)21-17(13(2)3)19(23)20-12-16-6-5-11-25-16/h7-10,13,16-17H,4-6,11-12H2,1-3H3,(H,20,23)(H,21,22)/t16-,17+/m0/s1. The van der Waals surface area contributed by atoms with Gasteiger partial charge in [-0.2, -0.15) is 0 Å². The molecule has 2 N–H and O–H groups in total. The monoisotopic (exact) mass is 348 g/mol. The maximum Gasteiger partial charge on any atom is 0.251 e. The van der Waals surface area contributed by atoms with Crippen molar-refractivity contribution < 1.29 is 19.1 Å². The minimum atomic E-state index is -0.583. The molecule has 0 bridgehead atoms. The highest BCUT2D eigenvalue weighted by atomic mass is 16.5. The third kappa shape index (κ3) is 5.74. The smallest absolute Gasteiger partial charge is 0.251 e. The van der Waals surface area contributed by atoms with Crippen LogP contribution in [0.2, 0.25) is 0 Å². The van der Waals surface area contributed by atoms with E-state index in [0.29, 0.717) is 24.5 Å². The fraction of sp³-hybridized carbons (Fsp3) is 0.579. The molecule has 2 atom stereocenters. The second kappa shape index (κ2) is 9.42. The molecule has 25 heavy (non-hydrogen) atoms. The van der Waals surface area contributed by atoms with E-state index in [1.165, 1.54) is 0 Å². The molecule has 0 unspecified atom stereocenters. The summed E-state index contributed by atoms with van der Waals surface area (Å²) in [6.45, 7) is 7.54. The van der Waals surface area contributed by atoms with E-state index < -0.39 is 6.04 Å². The molecule has 0 saturated carbocycles. The zero-order chi connectivity index (χ0) is 18.2. The van der Waals surface area contributed by atoms with E-state index in [9.17, 15) is 9.59 Å². The second-order valence-corrected chi connectivity index (χ2v) is 6.53. The van der Waals surface area contributed by atoms with E-state index in [0.717, 1.165) is 19.4 Å². The highest BCUT2D eigenvalue weighted by Crippen LogP contribution is 2.13. The molecule has 138 valence electrons. The van der Waals surface area contributed by atoms with Gasteiger partial charge in [-0.1, -0.05) is 13.8 Å². The highest BCUT2D eigenvalue weighted by Gasteiger charge is 2.26. The van der Waals surface area contributed by atoms with E-state index in [1.807, 2.05) is 20.8 Å². The fourth-order valence-corrected chi connectivity index (χ4v) is 2.76. The number of benzene rings is 1. The van der Waals surface area contributed by atoms with Crippen molar-refractivity contribution in [2.24, 2.45) is 5.92 Å². The van der Waals surface area contributed by atoms with Gasteiger partial charge in [0.05, 0.1) is 12.7 Å². The summed E-state index contributed by atoms with van der Waals surface area (Å²) >= 11 is 0. The molecule has 0 radical (unpaired) electrons. The van der Waals surface area contributed by atoms with E-state index in [2.05, 4.69) is 10.6 Å². The molecule has 1 fully saturated rings. The van der Waals surface area contributed by atoms with Gasteiger partial charge in [0.1, 0.15) is 11.8 Å².